The van der Waals surface area contributed by atoms with E-state index in [1.807, 2.05) is 0 Å². The molecule has 0 aromatic rings. The predicted molar refractivity (Wildman–Crippen MR) is 114 cm³/mol. The Hall–Kier alpha value is -0.680. The van der Waals surface area contributed by atoms with Crippen LogP contribution in [0.15, 0.2) is 0 Å². The van der Waals surface area contributed by atoms with Crippen molar-refractivity contribution in [3.8, 4) is 0 Å². The second-order valence-corrected chi connectivity index (χ2v) is 9.78. The molecule has 4 saturated heterocycles. The lowest BCUT2D eigenvalue weighted by atomic mass is 9.98. The van der Waals surface area contributed by atoms with Gasteiger partial charge in [-0.1, -0.05) is 0 Å². The van der Waals surface area contributed by atoms with Gasteiger partial charge in [-0.25, -0.2) is 0 Å². The number of ether oxygens (including phenoxy) is 7. The van der Waals surface area contributed by atoms with E-state index in [1.165, 1.54) is 6.92 Å². The zero-order chi connectivity index (χ0) is 27.9. The molecule has 4 rings (SSSR count). The van der Waals surface area contributed by atoms with Crippen LogP contribution < -0.4 is 0 Å². The number of hydrogen-bond donors (Lipinski definition) is 10. The van der Waals surface area contributed by atoms with Gasteiger partial charge in [-0.15, -0.1) is 0 Å². The van der Waals surface area contributed by atoms with Crippen LogP contribution in [0, 0.1) is 0 Å². The van der Waals surface area contributed by atoms with Crippen molar-refractivity contribution in [3.05, 3.63) is 0 Å². The maximum atomic E-state index is 10.8. The van der Waals surface area contributed by atoms with Crippen LogP contribution in [-0.4, -0.2) is 175 Å². The molecule has 0 radical (unpaired) electrons. The minimum Gasteiger partial charge on any atom is -0.388 e. The van der Waals surface area contributed by atoms with Gasteiger partial charge in [-0.3, -0.25) is 0 Å². The summed E-state index contributed by atoms with van der Waals surface area (Å²) in [5.74, 6) is 0. The third kappa shape index (κ3) is 6.14. The molecule has 0 bridgehead atoms. The molecule has 0 amide bonds. The highest BCUT2D eigenvalue weighted by atomic mass is 16.8. The Morgan fingerprint density at radius 1 is 0.474 bits per heavy atom. The van der Waals surface area contributed by atoms with Crippen molar-refractivity contribution in [1.82, 2.24) is 0 Å². The van der Waals surface area contributed by atoms with Crippen molar-refractivity contribution in [1.29, 1.82) is 0 Å². The monoisotopic (exact) mass is 560 g/mol. The molecule has 4 aliphatic heterocycles. The summed E-state index contributed by atoms with van der Waals surface area (Å²) in [6.07, 6.45) is -25.7. The Bertz CT molecular complexity index is 761. The molecule has 222 valence electrons. The van der Waals surface area contributed by atoms with Crippen LogP contribution in [0.2, 0.25) is 0 Å². The Morgan fingerprint density at radius 2 is 0.974 bits per heavy atom. The van der Waals surface area contributed by atoms with Gasteiger partial charge < -0.3 is 84.2 Å². The minimum absolute atomic E-state index is 0.345. The molecular formula is C21H36O17. The molecule has 17 heteroatoms. The van der Waals surface area contributed by atoms with Crippen molar-refractivity contribution in [2.45, 2.75) is 111 Å². The highest BCUT2D eigenvalue weighted by Gasteiger charge is 2.51. The molecule has 4 fully saturated rings. The largest absolute Gasteiger partial charge is 0.388 e. The highest BCUT2D eigenvalue weighted by Crippen LogP contribution is 2.31. The molecule has 0 aromatic heterocycles. The van der Waals surface area contributed by atoms with Gasteiger partial charge in [-0.05, 0) is 6.92 Å². The normalized spacial score (nSPS) is 54.6. The summed E-state index contributed by atoms with van der Waals surface area (Å²) in [7, 11) is 0. The highest BCUT2D eigenvalue weighted by molar-refractivity contribution is 4.94. The zero-order valence-corrected chi connectivity index (χ0v) is 20.3. The average molecular weight is 561 g/mol. The lowest BCUT2D eigenvalue weighted by Gasteiger charge is -2.46. The van der Waals surface area contributed by atoms with E-state index in [0.29, 0.717) is 0 Å². The topological polar surface area (TPSA) is 267 Å². The molecule has 0 aliphatic carbocycles. The lowest BCUT2D eigenvalue weighted by Crippen LogP contribution is -2.64. The second kappa shape index (κ2) is 12.5. The minimum atomic E-state index is -1.79. The molecule has 0 unspecified atom stereocenters. The summed E-state index contributed by atoms with van der Waals surface area (Å²) >= 11 is 0. The van der Waals surface area contributed by atoms with Crippen LogP contribution in [0.1, 0.15) is 6.92 Å². The van der Waals surface area contributed by atoms with E-state index in [9.17, 15) is 51.1 Å². The fourth-order valence-corrected chi connectivity index (χ4v) is 4.66. The van der Waals surface area contributed by atoms with Gasteiger partial charge in [0.2, 0.25) is 0 Å². The summed E-state index contributed by atoms with van der Waals surface area (Å²) in [4.78, 5) is 0. The molecule has 10 N–H and O–H groups in total. The van der Waals surface area contributed by atoms with Gasteiger partial charge in [0.05, 0.1) is 25.9 Å². The standard InChI is InChI=1S/C21H36O17/c1-5-15(11(27)13(29)21(35-5)38-17-10(26)7(23)2-32-18(17)31)36-20-14(30)16(8(24)4-34-20)37-19-12(28)9(25)6(22)3-33-19/h5-31H,2-4H2,1H3/t5-,6+,7-,8+,9-,10-,11-,12+,13+,14+,15-,16+,17+,18+,19-,20-,21-/m0/s1. The van der Waals surface area contributed by atoms with Gasteiger partial charge in [0.25, 0.3) is 0 Å². The Balaban J connectivity index is 1.37. The van der Waals surface area contributed by atoms with Gasteiger partial charge in [0, 0.05) is 0 Å². The maximum Gasteiger partial charge on any atom is 0.187 e. The molecule has 0 saturated carbocycles. The molecule has 4 heterocycles. The van der Waals surface area contributed by atoms with E-state index < -0.39 is 111 Å². The smallest absolute Gasteiger partial charge is 0.187 e. The van der Waals surface area contributed by atoms with Crippen molar-refractivity contribution in [2.75, 3.05) is 19.8 Å². The van der Waals surface area contributed by atoms with E-state index in [2.05, 4.69) is 0 Å². The molecule has 0 spiro atoms. The van der Waals surface area contributed by atoms with E-state index >= 15 is 0 Å². The van der Waals surface area contributed by atoms with Gasteiger partial charge in [-0.2, -0.15) is 0 Å². The zero-order valence-electron chi connectivity index (χ0n) is 20.3. The molecular weight excluding hydrogens is 524 g/mol. The fourth-order valence-electron chi connectivity index (χ4n) is 4.66. The third-order valence-electron chi connectivity index (χ3n) is 6.98. The van der Waals surface area contributed by atoms with Crippen LogP contribution in [-0.2, 0) is 33.2 Å². The van der Waals surface area contributed by atoms with E-state index in [-0.39, 0.29) is 13.2 Å². The fraction of sp³-hybridized carbons (Fsp3) is 1.00. The van der Waals surface area contributed by atoms with Crippen LogP contribution >= 0.6 is 0 Å². The van der Waals surface area contributed by atoms with Crippen LogP contribution in [0.5, 0.6) is 0 Å². The number of rotatable bonds is 6. The van der Waals surface area contributed by atoms with Gasteiger partial charge in [0.1, 0.15) is 73.2 Å². The maximum absolute atomic E-state index is 10.8. The Morgan fingerprint density at radius 3 is 1.66 bits per heavy atom. The van der Waals surface area contributed by atoms with Crippen LogP contribution in [0.3, 0.4) is 0 Å². The van der Waals surface area contributed by atoms with Crippen LogP contribution in [0.4, 0.5) is 0 Å². The molecule has 17 atom stereocenters. The Kier molecular flexibility index (Phi) is 9.92. The first-order valence-corrected chi connectivity index (χ1v) is 12.2. The summed E-state index contributed by atoms with van der Waals surface area (Å²) in [6, 6.07) is 0. The number of aliphatic hydroxyl groups is 10. The molecule has 4 aliphatic rings. The lowest BCUT2D eigenvalue weighted by molar-refractivity contribution is -0.374. The van der Waals surface area contributed by atoms with Gasteiger partial charge >= 0.3 is 0 Å². The van der Waals surface area contributed by atoms with E-state index in [1.54, 1.807) is 0 Å². The summed E-state index contributed by atoms with van der Waals surface area (Å²) in [5.41, 5.74) is 0. The summed E-state index contributed by atoms with van der Waals surface area (Å²) in [5, 5.41) is 102. The van der Waals surface area contributed by atoms with Crippen molar-refractivity contribution in [2.24, 2.45) is 0 Å². The number of hydrogen-bond acceptors (Lipinski definition) is 17. The van der Waals surface area contributed by atoms with Crippen molar-refractivity contribution in [3.63, 3.8) is 0 Å². The van der Waals surface area contributed by atoms with E-state index in [0.717, 1.165) is 0 Å². The second-order valence-electron chi connectivity index (χ2n) is 9.78. The quantitative estimate of drug-likeness (QED) is 0.145. The SMILES string of the molecule is C[C@@H]1O[C@@H](O[C@@H]2[C@@H](O)[C@@H](O)CO[C@H]2O)[C@H](O)[C@H](O)[C@H]1O[C@@H]1OC[C@@H](O)[C@@H](O[C@@H]2OC[C@@H](O)[C@H](O)[C@H]2O)[C@H]1O. The third-order valence-corrected chi connectivity index (χ3v) is 6.98. The molecule has 0 aromatic carbocycles. The average Bonchev–Trinajstić information content (AvgIpc) is 2.88. The summed E-state index contributed by atoms with van der Waals surface area (Å²) in [6.45, 7) is 0.309. The molecule has 38 heavy (non-hydrogen) atoms. The van der Waals surface area contributed by atoms with Crippen LogP contribution in [0.25, 0.3) is 0 Å². The Labute approximate surface area is 216 Å². The van der Waals surface area contributed by atoms with Gasteiger partial charge in [0.15, 0.2) is 25.2 Å². The predicted octanol–water partition coefficient (Wildman–Crippen LogP) is -6.80. The van der Waals surface area contributed by atoms with Crippen molar-refractivity contribution < 1.29 is 84.2 Å². The first-order chi connectivity index (χ1) is 17.9. The molecule has 17 nitrogen and oxygen atoms in total. The first kappa shape index (κ1) is 30.3. The number of aliphatic hydroxyl groups excluding tert-OH is 10. The first-order valence-electron chi connectivity index (χ1n) is 12.2. The van der Waals surface area contributed by atoms with E-state index in [4.69, 9.17) is 33.2 Å². The summed E-state index contributed by atoms with van der Waals surface area (Å²) < 4.78 is 37.5. The van der Waals surface area contributed by atoms with Crippen molar-refractivity contribution >= 4 is 0 Å².